The van der Waals surface area contributed by atoms with Crippen LogP contribution in [0.25, 0.3) is 11.0 Å². The fourth-order valence-electron chi connectivity index (χ4n) is 3.35. The largest absolute Gasteiger partial charge is 0.451 e. The molecule has 2 fully saturated rings. The predicted octanol–water partition coefficient (Wildman–Crippen LogP) is 2.43. The Kier molecular flexibility index (Phi) is 4.63. The number of hydrogen-bond acceptors (Lipinski definition) is 4. The maximum Gasteiger partial charge on any atom is 0.289 e. The number of hydrogen-bond donors (Lipinski definition) is 1. The van der Waals surface area contributed by atoms with E-state index in [1.54, 1.807) is 17.0 Å². The number of benzene rings is 1. The summed E-state index contributed by atoms with van der Waals surface area (Å²) in [6, 6.07) is 5.75. The van der Waals surface area contributed by atoms with Crippen LogP contribution in [0.4, 0.5) is 0 Å². The number of piperazine rings is 1. The van der Waals surface area contributed by atoms with Crippen LogP contribution >= 0.6 is 11.6 Å². The molecular weight excluding hydrogens is 354 g/mol. The zero-order valence-electron chi connectivity index (χ0n) is 14.8. The second-order valence-electron chi connectivity index (χ2n) is 7.11. The van der Waals surface area contributed by atoms with Crippen LogP contribution in [-0.4, -0.2) is 60.4 Å². The topological polar surface area (TPSA) is 65.8 Å². The molecule has 0 spiro atoms. The Hall–Kier alpha value is -2.05. The fraction of sp³-hybridized carbons (Fsp3) is 0.474. The molecule has 1 saturated carbocycles. The standard InChI is InChI=1S/C19H22ClN3O3/c1-12-15-10-13(20)2-5-16(15)26-18(12)19(25)23-8-6-22(7-9-23)11-17(24)21-14-3-4-14/h2,5,10,14H,3-4,6-9,11H2,1H3,(H,21,24). The Morgan fingerprint density at radius 3 is 2.65 bits per heavy atom. The first kappa shape index (κ1) is 17.4. The molecule has 1 saturated heterocycles. The summed E-state index contributed by atoms with van der Waals surface area (Å²) in [5.74, 6) is 0.358. The molecule has 1 N–H and O–H groups in total. The van der Waals surface area contributed by atoms with Crippen LogP contribution in [0.5, 0.6) is 0 Å². The van der Waals surface area contributed by atoms with Crippen LogP contribution in [0.2, 0.25) is 5.02 Å². The molecule has 2 amide bonds. The average molecular weight is 376 g/mol. The molecule has 26 heavy (non-hydrogen) atoms. The molecule has 2 heterocycles. The van der Waals surface area contributed by atoms with E-state index in [1.165, 1.54) is 0 Å². The highest BCUT2D eigenvalue weighted by molar-refractivity contribution is 6.31. The van der Waals surface area contributed by atoms with E-state index in [9.17, 15) is 9.59 Å². The molecule has 0 bridgehead atoms. The molecule has 6 nitrogen and oxygen atoms in total. The zero-order valence-corrected chi connectivity index (χ0v) is 15.5. The molecule has 1 aliphatic carbocycles. The summed E-state index contributed by atoms with van der Waals surface area (Å²) in [6.45, 7) is 4.85. The van der Waals surface area contributed by atoms with Crippen molar-refractivity contribution in [2.24, 2.45) is 0 Å². The molecule has 1 aliphatic heterocycles. The lowest BCUT2D eigenvalue weighted by Gasteiger charge is -2.34. The first-order valence-electron chi connectivity index (χ1n) is 9.01. The Balaban J connectivity index is 1.39. The van der Waals surface area contributed by atoms with E-state index < -0.39 is 0 Å². The predicted molar refractivity (Wildman–Crippen MR) is 99.5 cm³/mol. The Morgan fingerprint density at radius 1 is 1.23 bits per heavy atom. The maximum absolute atomic E-state index is 12.9. The van der Waals surface area contributed by atoms with Crippen molar-refractivity contribution in [2.45, 2.75) is 25.8 Å². The lowest BCUT2D eigenvalue weighted by atomic mass is 10.1. The van der Waals surface area contributed by atoms with Gasteiger partial charge in [-0.05, 0) is 38.0 Å². The van der Waals surface area contributed by atoms with E-state index in [1.807, 2.05) is 13.0 Å². The van der Waals surface area contributed by atoms with Gasteiger partial charge in [-0.15, -0.1) is 0 Å². The Bertz CT molecular complexity index is 851. The lowest BCUT2D eigenvalue weighted by molar-refractivity contribution is -0.122. The van der Waals surface area contributed by atoms with Gasteiger partial charge in [0.05, 0.1) is 6.54 Å². The number of carbonyl (C=O) groups excluding carboxylic acids is 2. The zero-order chi connectivity index (χ0) is 18.3. The van der Waals surface area contributed by atoms with Crippen LogP contribution in [-0.2, 0) is 4.79 Å². The van der Waals surface area contributed by atoms with Crippen molar-refractivity contribution in [3.8, 4) is 0 Å². The van der Waals surface area contributed by atoms with Gasteiger partial charge in [0.15, 0.2) is 5.76 Å². The summed E-state index contributed by atoms with van der Waals surface area (Å²) in [7, 11) is 0. The van der Waals surface area contributed by atoms with E-state index in [-0.39, 0.29) is 11.8 Å². The second-order valence-corrected chi connectivity index (χ2v) is 7.54. The van der Waals surface area contributed by atoms with Gasteiger partial charge in [0.2, 0.25) is 5.91 Å². The highest BCUT2D eigenvalue weighted by Crippen LogP contribution is 2.29. The van der Waals surface area contributed by atoms with Crippen molar-refractivity contribution in [3.05, 3.63) is 34.5 Å². The van der Waals surface area contributed by atoms with Crippen molar-refractivity contribution in [3.63, 3.8) is 0 Å². The molecule has 138 valence electrons. The van der Waals surface area contributed by atoms with E-state index >= 15 is 0 Å². The minimum absolute atomic E-state index is 0.0808. The third-order valence-electron chi connectivity index (χ3n) is 5.06. The fourth-order valence-corrected chi connectivity index (χ4v) is 3.53. The smallest absolute Gasteiger partial charge is 0.289 e. The number of nitrogens with one attached hydrogen (secondary N) is 1. The van der Waals surface area contributed by atoms with Gasteiger partial charge >= 0.3 is 0 Å². The van der Waals surface area contributed by atoms with Crippen LogP contribution in [0, 0.1) is 6.92 Å². The summed E-state index contributed by atoms with van der Waals surface area (Å²) < 4.78 is 5.78. The van der Waals surface area contributed by atoms with Gasteiger partial charge in [0.25, 0.3) is 5.91 Å². The van der Waals surface area contributed by atoms with Gasteiger partial charge in [0, 0.05) is 48.2 Å². The molecule has 2 aliphatic rings. The van der Waals surface area contributed by atoms with E-state index in [0.29, 0.717) is 55.1 Å². The van der Waals surface area contributed by atoms with Crippen LogP contribution in [0.3, 0.4) is 0 Å². The summed E-state index contributed by atoms with van der Waals surface area (Å²) in [5, 5.41) is 4.50. The third kappa shape index (κ3) is 3.57. The van der Waals surface area contributed by atoms with Gasteiger partial charge in [-0.2, -0.15) is 0 Å². The molecule has 1 aromatic carbocycles. The molecule has 0 radical (unpaired) electrons. The molecule has 0 atom stereocenters. The van der Waals surface area contributed by atoms with Crippen LogP contribution in [0.1, 0.15) is 29.0 Å². The van der Waals surface area contributed by atoms with Crippen LogP contribution in [0.15, 0.2) is 22.6 Å². The SMILES string of the molecule is Cc1c(C(=O)N2CCN(CC(=O)NC3CC3)CC2)oc2ccc(Cl)cc12. The number of amides is 2. The first-order chi connectivity index (χ1) is 12.5. The summed E-state index contributed by atoms with van der Waals surface area (Å²) in [6.07, 6.45) is 2.19. The number of halogens is 1. The lowest BCUT2D eigenvalue weighted by Crippen LogP contribution is -2.51. The van der Waals surface area contributed by atoms with Crippen molar-refractivity contribution in [1.29, 1.82) is 0 Å². The van der Waals surface area contributed by atoms with Crippen LogP contribution < -0.4 is 5.32 Å². The highest BCUT2D eigenvalue weighted by Gasteiger charge is 2.28. The third-order valence-corrected chi connectivity index (χ3v) is 5.30. The number of furan rings is 1. The number of rotatable bonds is 4. The quantitative estimate of drug-likeness (QED) is 0.891. The molecular formula is C19H22ClN3O3. The van der Waals surface area contributed by atoms with Gasteiger partial charge in [-0.1, -0.05) is 11.6 Å². The highest BCUT2D eigenvalue weighted by atomic mass is 35.5. The van der Waals surface area contributed by atoms with Gasteiger partial charge in [-0.25, -0.2) is 0 Å². The molecule has 2 aromatic rings. The molecule has 7 heteroatoms. The molecule has 1 aromatic heterocycles. The van der Waals surface area contributed by atoms with Gasteiger partial charge < -0.3 is 14.6 Å². The summed E-state index contributed by atoms with van der Waals surface area (Å²) in [4.78, 5) is 28.7. The van der Waals surface area contributed by atoms with Gasteiger partial charge in [-0.3, -0.25) is 14.5 Å². The molecule has 4 rings (SSSR count). The average Bonchev–Trinajstić information content (AvgIpc) is 3.38. The number of aryl methyl sites for hydroxylation is 1. The number of nitrogens with zero attached hydrogens (tertiary/aromatic N) is 2. The van der Waals surface area contributed by atoms with E-state index in [0.717, 1.165) is 23.8 Å². The minimum Gasteiger partial charge on any atom is -0.451 e. The summed E-state index contributed by atoms with van der Waals surface area (Å²) in [5.41, 5.74) is 1.49. The van der Waals surface area contributed by atoms with Crippen molar-refractivity contribution >= 4 is 34.4 Å². The molecule has 0 unspecified atom stereocenters. The minimum atomic E-state index is -0.100. The van der Waals surface area contributed by atoms with E-state index in [2.05, 4.69) is 10.2 Å². The van der Waals surface area contributed by atoms with Crippen molar-refractivity contribution in [1.82, 2.24) is 15.1 Å². The monoisotopic (exact) mass is 375 g/mol. The Morgan fingerprint density at radius 2 is 1.96 bits per heavy atom. The number of carbonyl (C=O) groups is 2. The Labute approximate surface area is 157 Å². The van der Waals surface area contributed by atoms with Crippen molar-refractivity contribution in [2.75, 3.05) is 32.7 Å². The number of fused-ring (bicyclic) bond motifs is 1. The normalized spacial score (nSPS) is 18.3. The first-order valence-corrected chi connectivity index (χ1v) is 9.38. The summed E-state index contributed by atoms with van der Waals surface area (Å²) >= 11 is 6.05. The van der Waals surface area contributed by atoms with Gasteiger partial charge in [0.1, 0.15) is 5.58 Å². The maximum atomic E-state index is 12.9. The van der Waals surface area contributed by atoms with E-state index in [4.69, 9.17) is 16.0 Å². The van der Waals surface area contributed by atoms with Crippen molar-refractivity contribution < 1.29 is 14.0 Å². The second kappa shape index (κ2) is 6.93.